The Balaban J connectivity index is 0.000000195. The number of halogens is 2. The Morgan fingerprint density at radius 3 is 1.41 bits per heavy atom. The summed E-state index contributed by atoms with van der Waals surface area (Å²) < 4.78 is 46.7. The Morgan fingerprint density at radius 2 is 0.901 bits per heavy atom. The van der Waals surface area contributed by atoms with Gasteiger partial charge in [0.1, 0.15) is 79.7 Å². The molecule has 4 aliphatic rings. The van der Waals surface area contributed by atoms with E-state index in [2.05, 4.69) is 31.9 Å². The second kappa shape index (κ2) is 36.0. The van der Waals surface area contributed by atoms with E-state index in [0.717, 1.165) is 83.5 Å². The highest BCUT2D eigenvalue weighted by Crippen LogP contribution is 2.37. The number of carbonyl (C=O) groups is 6. The van der Waals surface area contributed by atoms with E-state index in [1.54, 1.807) is 83.5 Å². The normalized spacial score (nSPS) is 18.1. The first-order valence-electron chi connectivity index (χ1n) is 30.2. The molecule has 5 N–H and O–H groups in total. The molecule has 0 aliphatic carbocycles. The Kier molecular flexibility index (Phi) is 27.8. The maximum atomic E-state index is 13.7. The van der Waals surface area contributed by atoms with Gasteiger partial charge >= 0.3 is 0 Å². The van der Waals surface area contributed by atoms with Gasteiger partial charge in [0.05, 0.1) is 58.7 Å². The molecule has 10 rings (SSSR count). The largest absolute Gasteiger partial charge is 0.507 e. The quantitative estimate of drug-likeness (QED) is 0.0351. The van der Waals surface area contributed by atoms with Crippen molar-refractivity contribution in [3.8, 4) is 57.5 Å². The fraction of sp³-hybridized carbons (Fsp3) is 0.382. The molecular weight excluding hydrogens is 1310 g/mol. The van der Waals surface area contributed by atoms with Crippen LogP contribution < -0.4 is 23.7 Å². The van der Waals surface area contributed by atoms with Crippen LogP contribution >= 0.6 is 31.9 Å². The third kappa shape index (κ3) is 19.6. The number of ether oxygens (including phenoxy) is 8. The molecule has 21 nitrogen and oxygen atoms in total. The summed E-state index contributed by atoms with van der Waals surface area (Å²) in [5.41, 5.74) is 0.956. The fourth-order valence-electron chi connectivity index (χ4n) is 10.5. The number of rotatable bonds is 20. The molecule has 4 saturated heterocycles. The summed E-state index contributed by atoms with van der Waals surface area (Å²) in [6.07, 6.45) is 12.1. The van der Waals surface area contributed by atoms with Crippen molar-refractivity contribution in [3.63, 3.8) is 0 Å². The van der Waals surface area contributed by atoms with Crippen molar-refractivity contribution in [1.29, 1.82) is 0 Å². The number of nitrogens with zero attached hydrogens (tertiary/aromatic N) is 2. The van der Waals surface area contributed by atoms with Crippen molar-refractivity contribution in [2.45, 2.75) is 122 Å². The molecule has 0 aromatic heterocycles. The lowest BCUT2D eigenvalue weighted by atomic mass is 9.99. The van der Waals surface area contributed by atoms with Crippen molar-refractivity contribution < 1.29 is 92.2 Å². The van der Waals surface area contributed by atoms with Crippen LogP contribution in [0, 0.1) is 0 Å². The number of benzene rings is 6. The van der Waals surface area contributed by atoms with Crippen molar-refractivity contribution in [3.05, 3.63) is 152 Å². The van der Waals surface area contributed by atoms with Crippen LogP contribution in [0.5, 0.6) is 57.5 Å². The minimum Gasteiger partial charge on any atom is -0.507 e. The summed E-state index contributed by atoms with van der Waals surface area (Å²) in [6, 6.07) is 28.4. The van der Waals surface area contributed by atoms with Crippen molar-refractivity contribution in [2.24, 2.45) is 0 Å². The van der Waals surface area contributed by atoms with E-state index < -0.39 is 6.29 Å². The Morgan fingerprint density at radius 1 is 0.495 bits per heavy atom. The second-order valence-corrected chi connectivity index (χ2v) is 23.0. The maximum Gasteiger partial charge on any atom is 0.255 e. The lowest BCUT2D eigenvalue weighted by Gasteiger charge is -2.36. The Bertz CT molecular complexity index is 3370. The van der Waals surface area contributed by atoms with Crippen LogP contribution in [0.1, 0.15) is 153 Å². The topological polar surface area (TPSA) is 284 Å². The molecule has 23 heteroatoms. The fourth-order valence-corrected chi connectivity index (χ4v) is 11.1. The van der Waals surface area contributed by atoms with Crippen molar-refractivity contribution in [2.75, 3.05) is 46.1 Å². The third-order valence-corrected chi connectivity index (χ3v) is 16.8. The molecule has 4 aliphatic heterocycles. The van der Waals surface area contributed by atoms with Crippen LogP contribution in [0.25, 0.3) is 0 Å². The summed E-state index contributed by atoms with van der Waals surface area (Å²) in [6.45, 7) is 6.81. The van der Waals surface area contributed by atoms with E-state index in [4.69, 9.17) is 48.1 Å². The first kappa shape index (κ1) is 70.2. The molecule has 0 saturated carbocycles. The molecular formula is C68H76Br2N2O19. The monoisotopic (exact) mass is 1380 g/mol. The third-order valence-electron chi connectivity index (χ3n) is 15.2. The number of phenolic OH excluding ortho intramolecular Hbond substituents is 5. The number of aldehydes is 4. The molecule has 0 bridgehead atoms. The molecule has 0 radical (unpaired) electrons. The summed E-state index contributed by atoms with van der Waals surface area (Å²) in [7, 11) is 0. The van der Waals surface area contributed by atoms with E-state index in [0.29, 0.717) is 89.1 Å². The van der Waals surface area contributed by atoms with Crippen LogP contribution in [0.4, 0.5) is 0 Å². The van der Waals surface area contributed by atoms with Crippen LogP contribution in [0.2, 0.25) is 0 Å². The van der Waals surface area contributed by atoms with Gasteiger partial charge in [-0.15, -0.1) is 0 Å². The zero-order valence-electron chi connectivity index (χ0n) is 50.6. The SMILES string of the molecule is CCOC(C)Oc1cccc(C(=O)N2CCCC[C@H]2COc2cccc(OC3CCCCO3)c2C=O)c1C=O.O=Cc1c(O)cccc1OC[C@@H]1CCCCN1C(=O)c1cccc(O)c1C=O.Oc1cccc(O)c1Br.Oc1cccc(OC2CCCCO2)c1Br. The predicted octanol–water partition coefficient (Wildman–Crippen LogP) is 12.8. The van der Waals surface area contributed by atoms with Crippen LogP contribution in [0.15, 0.2) is 118 Å². The molecule has 6 aromatic rings. The number of carbonyl (C=O) groups excluding carboxylic acids is 6. The first-order chi connectivity index (χ1) is 44.1. The molecule has 5 atom stereocenters. The zero-order chi connectivity index (χ0) is 65.2. The van der Waals surface area contributed by atoms with Gasteiger partial charge < -0.3 is 73.2 Å². The van der Waals surface area contributed by atoms with E-state index >= 15 is 0 Å². The number of hydrogen-bond acceptors (Lipinski definition) is 19. The number of aromatic hydroxyl groups is 5. The summed E-state index contributed by atoms with van der Waals surface area (Å²) in [5, 5.41) is 46.9. The number of amides is 2. The highest BCUT2D eigenvalue weighted by atomic mass is 79.9. The van der Waals surface area contributed by atoms with Gasteiger partial charge in [-0.1, -0.05) is 36.4 Å². The van der Waals surface area contributed by atoms with E-state index in [-0.39, 0.29) is 112 Å². The van der Waals surface area contributed by atoms with Crippen LogP contribution in [0.3, 0.4) is 0 Å². The number of likely N-dealkylation sites (tertiary alicyclic amines) is 2. The van der Waals surface area contributed by atoms with E-state index in [9.17, 15) is 44.1 Å². The Hall–Kier alpha value is -8.22. The van der Waals surface area contributed by atoms with Gasteiger partial charge in [-0.3, -0.25) is 28.8 Å². The average Bonchev–Trinajstić information content (AvgIpc) is 1.17. The summed E-state index contributed by atoms with van der Waals surface area (Å²) in [4.78, 5) is 76.7. The highest BCUT2D eigenvalue weighted by Gasteiger charge is 2.33. The van der Waals surface area contributed by atoms with E-state index in [1.165, 1.54) is 36.4 Å². The van der Waals surface area contributed by atoms with Gasteiger partial charge in [0.25, 0.3) is 11.8 Å². The molecule has 4 heterocycles. The van der Waals surface area contributed by atoms with Gasteiger partial charge in [0.15, 0.2) is 44.0 Å². The predicted molar refractivity (Wildman–Crippen MR) is 342 cm³/mol. The van der Waals surface area contributed by atoms with Gasteiger partial charge in [0.2, 0.25) is 0 Å². The minimum absolute atomic E-state index is 0.0334. The number of piperidine rings is 2. The smallest absolute Gasteiger partial charge is 0.255 e. The van der Waals surface area contributed by atoms with Gasteiger partial charge in [-0.25, -0.2) is 0 Å². The molecule has 2 amide bonds. The van der Waals surface area contributed by atoms with Gasteiger partial charge in [0, 0.05) is 32.5 Å². The van der Waals surface area contributed by atoms with Crippen LogP contribution in [-0.2, 0) is 14.2 Å². The van der Waals surface area contributed by atoms with Gasteiger partial charge in [-0.05, 0) is 183 Å². The maximum absolute atomic E-state index is 13.7. The molecule has 0 spiro atoms. The van der Waals surface area contributed by atoms with Crippen molar-refractivity contribution in [1.82, 2.24) is 9.80 Å². The molecule has 6 aromatic carbocycles. The second-order valence-electron chi connectivity index (χ2n) is 21.4. The summed E-state index contributed by atoms with van der Waals surface area (Å²) >= 11 is 6.26. The molecule has 486 valence electrons. The summed E-state index contributed by atoms with van der Waals surface area (Å²) in [5.74, 6) is 1.26. The number of phenols is 5. The molecule has 91 heavy (non-hydrogen) atoms. The lowest BCUT2D eigenvalue weighted by Crippen LogP contribution is -2.47. The average molecular weight is 1390 g/mol. The first-order valence-corrected chi connectivity index (χ1v) is 31.8. The lowest BCUT2D eigenvalue weighted by molar-refractivity contribution is -0.106. The molecule has 3 unspecified atom stereocenters. The minimum atomic E-state index is -0.563. The molecule has 4 fully saturated rings. The Labute approximate surface area is 544 Å². The van der Waals surface area contributed by atoms with Gasteiger partial charge in [-0.2, -0.15) is 0 Å². The zero-order valence-corrected chi connectivity index (χ0v) is 53.8. The van der Waals surface area contributed by atoms with Crippen molar-refractivity contribution >= 4 is 68.8 Å². The number of hydrogen-bond donors (Lipinski definition) is 5. The highest BCUT2D eigenvalue weighted by molar-refractivity contribution is 9.11. The van der Waals surface area contributed by atoms with E-state index in [1.807, 2.05) is 13.0 Å². The van der Waals surface area contributed by atoms with Crippen LogP contribution in [-0.4, -0.2) is 149 Å². The standard InChI is InChI=1S/C30H37NO8.C21H21NO6.C11H13BrO3.C6H5BrO2/c1-3-35-21(2)38-27-13-8-11-23(24(27)18-32)30(34)31-16-6-4-10-22(31)20-37-26-12-9-14-28(25(26)19-33)39-29-15-5-7-17-36-29;23-11-16-15(6-3-7-18(16)25)21(27)22-10-2-1-5-14(22)13-28-20-9-4-8-19(26)17(20)12-24;12-11-8(13)4-3-5-9(11)15-10-6-1-2-7-14-10;7-6-4(8)2-1-3-5(6)9/h8-9,11-14,18-19,21-22,29H,3-7,10,15-17,20H2,1-2H3;3-4,6-9,11-12,14,25-26H,1-2,5,10,13H2;3-5,10,13H,1-2,6-7H2;1-3,8-9H/t21?,22-,29?;14-;;/m00../s1.